The Balaban J connectivity index is 1.90. The maximum atomic E-state index is 12.0. The van der Waals surface area contributed by atoms with Gasteiger partial charge in [0.15, 0.2) is 0 Å². The fraction of sp³-hybridized carbons (Fsp3) is 0.0400. The van der Waals surface area contributed by atoms with Gasteiger partial charge in [0.1, 0.15) is 17.1 Å². The average Bonchev–Trinajstić information content (AvgIpc) is 2.75. The molecule has 4 rings (SSSR count). The van der Waals surface area contributed by atoms with Crippen LogP contribution >= 0.6 is 0 Å². The predicted molar refractivity (Wildman–Crippen MR) is 108 cm³/mol. The Morgan fingerprint density at radius 1 is 0.519 bits per heavy atom. The van der Waals surface area contributed by atoms with Crippen molar-refractivity contribution < 1.29 is 9.84 Å². The van der Waals surface area contributed by atoms with Gasteiger partial charge in [0.2, 0.25) is 0 Å². The van der Waals surface area contributed by atoms with Crippen LogP contribution in [-0.4, -0.2) is 5.11 Å². The molecule has 0 bridgehead atoms. The minimum atomic E-state index is -1.33. The predicted octanol–water partition coefficient (Wildman–Crippen LogP) is 5.76. The van der Waals surface area contributed by atoms with Gasteiger partial charge in [-0.25, -0.2) is 0 Å². The highest BCUT2D eigenvalue weighted by atomic mass is 16.5. The zero-order chi connectivity index (χ0) is 18.5. The maximum Gasteiger partial charge on any atom is 0.144 e. The number of ether oxygens (including phenoxy) is 1. The minimum absolute atomic E-state index is 0.624. The lowest BCUT2D eigenvalue weighted by Gasteiger charge is -2.31. The Hall–Kier alpha value is -3.36. The Bertz CT molecular complexity index is 956. The molecule has 0 aromatic heterocycles. The third kappa shape index (κ3) is 3.35. The zero-order valence-electron chi connectivity index (χ0n) is 14.8. The molecule has 2 heteroatoms. The highest BCUT2D eigenvalue weighted by Gasteiger charge is 2.36. The maximum absolute atomic E-state index is 12.0. The molecule has 0 atom stereocenters. The van der Waals surface area contributed by atoms with Crippen LogP contribution in [0.4, 0.5) is 0 Å². The SMILES string of the molecule is OC(c1ccccc1)(c1ccccc1)c1ccccc1Oc1ccccc1. The first-order valence-electron chi connectivity index (χ1n) is 8.94. The van der Waals surface area contributed by atoms with E-state index < -0.39 is 5.60 Å². The third-order valence-corrected chi connectivity index (χ3v) is 4.63. The summed E-state index contributed by atoms with van der Waals surface area (Å²) in [6.07, 6.45) is 0. The number of para-hydroxylation sites is 2. The van der Waals surface area contributed by atoms with Gasteiger partial charge in [-0.05, 0) is 29.3 Å². The molecule has 0 amide bonds. The number of hydrogen-bond acceptors (Lipinski definition) is 2. The molecule has 0 radical (unpaired) electrons. The number of aliphatic hydroxyl groups is 1. The van der Waals surface area contributed by atoms with Crippen LogP contribution in [0.3, 0.4) is 0 Å². The van der Waals surface area contributed by atoms with Crippen LogP contribution in [0.2, 0.25) is 0 Å². The van der Waals surface area contributed by atoms with E-state index in [1.54, 1.807) is 0 Å². The quantitative estimate of drug-likeness (QED) is 0.463. The van der Waals surface area contributed by atoms with Gasteiger partial charge in [-0.1, -0.05) is 97.1 Å². The molecule has 0 saturated heterocycles. The van der Waals surface area contributed by atoms with Crippen molar-refractivity contribution in [3.63, 3.8) is 0 Å². The molecule has 2 nitrogen and oxygen atoms in total. The molecule has 27 heavy (non-hydrogen) atoms. The molecule has 132 valence electrons. The molecule has 0 fully saturated rings. The van der Waals surface area contributed by atoms with Crippen LogP contribution in [0.15, 0.2) is 115 Å². The molecule has 4 aromatic carbocycles. The second-order valence-corrected chi connectivity index (χ2v) is 6.35. The van der Waals surface area contributed by atoms with Crippen molar-refractivity contribution in [2.45, 2.75) is 5.60 Å². The van der Waals surface area contributed by atoms with E-state index in [1.165, 1.54) is 0 Å². The van der Waals surface area contributed by atoms with Crippen LogP contribution in [0.1, 0.15) is 16.7 Å². The molecule has 0 spiro atoms. The first kappa shape index (κ1) is 17.1. The highest BCUT2D eigenvalue weighted by Crippen LogP contribution is 2.42. The van der Waals surface area contributed by atoms with Crippen molar-refractivity contribution in [1.82, 2.24) is 0 Å². The van der Waals surface area contributed by atoms with Crippen molar-refractivity contribution in [3.05, 3.63) is 132 Å². The van der Waals surface area contributed by atoms with E-state index in [9.17, 15) is 5.11 Å². The molecule has 0 saturated carbocycles. The summed E-state index contributed by atoms with van der Waals surface area (Å²) in [7, 11) is 0. The van der Waals surface area contributed by atoms with Gasteiger partial charge in [0.25, 0.3) is 0 Å². The van der Waals surface area contributed by atoms with Crippen LogP contribution in [0.5, 0.6) is 11.5 Å². The summed E-state index contributed by atoms with van der Waals surface area (Å²) in [5.74, 6) is 1.35. The van der Waals surface area contributed by atoms with E-state index in [2.05, 4.69) is 0 Å². The largest absolute Gasteiger partial charge is 0.457 e. The third-order valence-electron chi connectivity index (χ3n) is 4.63. The lowest BCUT2D eigenvalue weighted by Crippen LogP contribution is -2.29. The number of hydrogen-bond donors (Lipinski definition) is 1. The van der Waals surface area contributed by atoms with Crippen LogP contribution in [0, 0.1) is 0 Å². The summed E-state index contributed by atoms with van der Waals surface area (Å²) in [5, 5.41) is 12.0. The lowest BCUT2D eigenvalue weighted by molar-refractivity contribution is 0.123. The molecular formula is C25H20O2. The smallest absolute Gasteiger partial charge is 0.144 e. The van der Waals surface area contributed by atoms with Crippen LogP contribution in [-0.2, 0) is 5.60 Å². The highest BCUT2D eigenvalue weighted by molar-refractivity contribution is 5.53. The molecule has 0 heterocycles. The first-order chi connectivity index (χ1) is 13.3. The Labute approximate surface area is 159 Å². The molecule has 0 unspecified atom stereocenters. The van der Waals surface area contributed by atoms with Crippen molar-refractivity contribution in [1.29, 1.82) is 0 Å². The fourth-order valence-corrected chi connectivity index (χ4v) is 3.31. The second kappa shape index (κ2) is 7.48. The molecule has 0 aliphatic heterocycles. The van der Waals surface area contributed by atoms with E-state index in [0.717, 1.165) is 16.9 Å². The summed E-state index contributed by atoms with van der Waals surface area (Å²) < 4.78 is 6.14. The first-order valence-corrected chi connectivity index (χ1v) is 8.94. The average molecular weight is 352 g/mol. The van der Waals surface area contributed by atoms with E-state index in [1.807, 2.05) is 115 Å². The Morgan fingerprint density at radius 3 is 1.52 bits per heavy atom. The molecular weight excluding hydrogens is 332 g/mol. The standard InChI is InChI=1S/C25H20O2/c26-25(20-12-4-1-5-13-20,21-14-6-2-7-15-21)23-18-10-11-19-24(23)27-22-16-8-3-9-17-22/h1-19,26H. The summed E-state index contributed by atoms with van der Waals surface area (Å²) in [6.45, 7) is 0. The number of benzene rings is 4. The Kier molecular flexibility index (Phi) is 4.73. The van der Waals surface area contributed by atoms with Gasteiger partial charge in [0.05, 0.1) is 0 Å². The normalized spacial score (nSPS) is 11.1. The summed E-state index contributed by atoms with van der Waals surface area (Å²) in [4.78, 5) is 0. The zero-order valence-corrected chi connectivity index (χ0v) is 14.8. The second-order valence-electron chi connectivity index (χ2n) is 6.35. The monoisotopic (exact) mass is 352 g/mol. The fourth-order valence-electron chi connectivity index (χ4n) is 3.31. The summed E-state index contributed by atoms with van der Waals surface area (Å²) in [5.41, 5.74) is 0.959. The van der Waals surface area contributed by atoms with Gasteiger partial charge < -0.3 is 9.84 Å². The molecule has 0 aliphatic rings. The van der Waals surface area contributed by atoms with Gasteiger partial charge >= 0.3 is 0 Å². The van der Waals surface area contributed by atoms with Crippen LogP contribution in [0.25, 0.3) is 0 Å². The van der Waals surface area contributed by atoms with Gasteiger partial charge in [-0.15, -0.1) is 0 Å². The van der Waals surface area contributed by atoms with E-state index in [-0.39, 0.29) is 0 Å². The van der Waals surface area contributed by atoms with Crippen molar-refractivity contribution in [2.24, 2.45) is 0 Å². The number of rotatable bonds is 5. The summed E-state index contributed by atoms with van der Waals surface area (Å²) in [6, 6.07) is 36.6. The van der Waals surface area contributed by atoms with Crippen molar-refractivity contribution in [2.75, 3.05) is 0 Å². The van der Waals surface area contributed by atoms with Crippen molar-refractivity contribution in [3.8, 4) is 11.5 Å². The van der Waals surface area contributed by atoms with Crippen LogP contribution < -0.4 is 4.74 Å². The Morgan fingerprint density at radius 2 is 0.963 bits per heavy atom. The molecule has 4 aromatic rings. The van der Waals surface area contributed by atoms with E-state index in [4.69, 9.17) is 4.74 Å². The van der Waals surface area contributed by atoms with Gasteiger partial charge in [-0.3, -0.25) is 0 Å². The van der Waals surface area contributed by atoms with Gasteiger partial charge in [-0.2, -0.15) is 0 Å². The lowest BCUT2D eigenvalue weighted by atomic mass is 9.80. The van der Waals surface area contributed by atoms with E-state index >= 15 is 0 Å². The molecule has 1 N–H and O–H groups in total. The van der Waals surface area contributed by atoms with E-state index in [0.29, 0.717) is 11.3 Å². The van der Waals surface area contributed by atoms with Gasteiger partial charge in [0, 0.05) is 5.56 Å². The van der Waals surface area contributed by atoms with Crippen molar-refractivity contribution >= 4 is 0 Å². The topological polar surface area (TPSA) is 29.5 Å². The minimum Gasteiger partial charge on any atom is -0.457 e. The molecule has 0 aliphatic carbocycles. The summed E-state index contributed by atoms with van der Waals surface area (Å²) >= 11 is 0.